The van der Waals surface area contributed by atoms with E-state index in [1.54, 1.807) is 6.92 Å². The van der Waals surface area contributed by atoms with Gasteiger partial charge >= 0.3 is 0 Å². The van der Waals surface area contributed by atoms with Crippen LogP contribution in [0.2, 0.25) is 0 Å². The third-order valence-electron chi connectivity index (χ3n) is 2.44. The van der Waals surface area contributed by atoms with Crippen molar-refractivity contribution in [3.8, 4) is 5.75 Å². The topological polar surface area (TPSA) is 40.5 Å². The predicted octanol–water partition coefficient (Wildman–Crippen LogP) is 2.80. The van der Waals surface area contributed by atoms with Crippen molar-refractivity contribution in [2.75, 3.05) is 18.4 Å². The van der Waals surface area contributed by atoms with Crippen molar-refractivity contribution < 1.29 is 18.7 Å². The zero-order valence-electron chi connectivity index (χ0n) is 9.87. The summed E-state index contributed by atoms with van der Waals surface area (Å²) >= 11 is 3.13. The molecule has 3 nitrogen and oxygen atoms in total. The number of benzene rings is 1. The van der Waals surface area contributed by atoms with E-state index in [1.165, 1.54) is 18.2 Å². The fourth-order valence-corrected chi connectivity index (χ4v) is 2.03. The van der Waals surface area contributed by atoms with Crippen LogP contribution in [0.1, 0.15) is 15.9 Å². The Hall–Kier alpha value is -1.17. The maximum absolute atomic E-state index is 12.4. The summed E-state index contributed by atoms with van der Waals surface area (Å²) in [4.78, 5) is 13.2. The first-order chi connectivity index (χ1) is 8.45. The average molecular weight is 322 g/mol. The standard InChI is InChI=1S/C12H14BrF2NO2/c1-8-6-9(17)2-3-10(8)12(18)16(5-4-13)7-11(14)15/h2-3,6,11,17H,4-5,7H2,1H3. The van der Waals surface area contributed by atoms with Gasteiger partial charge in [0.05, 0.1) is 6.54 Å². The third kappa shape index (κ3) is 3.94. The molecule has 0 aromatic heterocycles. The van der Waals surface area contributed by atoms with E-state index in [1.807, 2.05) is 0 Å². The monoisotopic (exact) mass is 321 g/mol. The van der Waals surface area contributed by atoms with Crippen molar-refractivity contribution in [1.82, 2.24) is 4.90 Å². The Labute approximate surface area is 113 Å². The van der Waals surface area contributed by atoms with E-state index < -0.39 is 18.9 Å². The molecule has 0 aliphatic carbocycles. The molecule has 0 bridgehead atoms. The van der Waals surface area contributed by atoms with Crippen molar-refractivity contribution in [2.45, 2.75) is 13.3 Å². The number of carbonyl (C=O) groups is 1. The highest BCUT2D eigenvalue weighted by atomic mass is 79.9. The highest BCUT2D eigenvalue weighted by molar-refractivity contribution is 9.09. The van der Waals surface area contributed by atoms with Gasteiger partial charge in [-0.25, -0.2) is 8.78 Å². The number of aryl methyl sites for hydroxylation is 1. The molecule has 0 radical (unpaired) electrons. The van der Waals surface area contributed by atoms with Crippen LogP contribution in [-0.2, 0) is 0 Å². The molecule has 1 rings (SSSR count). The molecule has 0 heterocycles. The normalized spacial score (nSPS) is 10.7. The summed E-state index contributed by atoms with van der Waals surface area (Å²) in [6.07, 6.45) is -2.56. The van der Waals surface area contributed by atoms with Gasteiger partial charge in [0.15, 0.2) is 0 Å². The molecule has 100 valence electrons. The number of rotatable bonds is 5. The minimum Gasteiger partial charge on any atom is -0.508 e. The van der Waals surface area contributed by atoms with Gasteiger partial charge in [0.2, 0.25) is 0 Å². The van der Waals surface area contributed by atoms with Crippen molar-refractivity contribution in [3.63, 3.8) is 0 Å². The quantitative estimate of drug-likeness (QED) is 0.847. The SMILES string of the molecule is Cc1cc(O)ccc1C(=O)N(CCBr)CC(F)F. The second kappa shape index (κ2) is 6.68. The van der Waals surface area contributed by atoms with Gasteiger partial charge < -0.3 is 10.0 Å². The van der Waals surface area contributed by atoms with Crippen LogP contribution in [-0.4, -0.2) is 40.8 Å². The van der Waals surface area contributed by atoms with Gasteiger partial charge in [0.1, 0.15) is 5.75 Å². The van der Waals surface area contributed by atoms with Crippen molar-refractivity contribution in [2.24, 2.45) is 0 Å². The van der Waals surface area contributed by atoms with Crippen LogP contribution < -0.4 is 0 Å². The summed E-state index contributed by atoms with van der Waals surface area (Å²) < 4.78 is 24.8. The molecule has 0 aliphatic heterocycles. The van der Waals surface area contributed by atoms with Gasteiger partial charge in [0.25, 0.3) is 12.3 Å². The molecule has 18 heavy (non-hydrogen) atoms. The number of alkyl halides is 3. The molecule has 0 aliphatic rings. The Morgan fingerprint density at radius 1 is 1.50 bits per heavy atom. The number of phenolic OH excluding ortho intramolecular Hbond substituents is 1. The van der Waals surface area contributed by atoms with Gasteiger partial charge in [-0.05, 0) is 30.7 Å². The lowest BCUT2D eigenvalue weighted by Crippen LogP contribution is -2.36. The lowest BCUT2D eigenvalue weighted by atomic mass is 10.1. The molecule has 0 atom stereocenters. The number of carbonyl (C=O) groups excluding carboxylic acids is 1. The zero-order valence-corrected chi connectivity index (χ0v) is 11.5. The van der Waals surface area contributed by atoms with E-state index in [4.69, 9.17) is 0 Å². The summed E-state index contributed by atoms with van der Waals surface area (Å²) in [5.41, 5.74) is 0.892. The number of halogens is 3. The van der Waals surface area contributed by atoms with Crippen LogP contribution in [0.4, 0.5) is 8.78 Å². The third-order valence-corrected chi connectivity index (χ3v) is 2.80. The Kier molecular flexibility index (Phi) is 5.53. The number of nitrogens with zero attached hydrogens (tertiary/aromatic N) is 1. The minimum absolute atomic E-state index is 0.0463. The van der Waals surface area contributed by atoms with Gasteiger partial charge in [-0.15, -0.1) is 0 Å². The van der Waals surface area contributed by atoms with E-state index >= 15 is 0 Å². The summed E-state index contributed by atoms with van der Waals surface area (Å²) in [6.45, 7) is 1.27. The molecular formula is C12H14BrF2NO2. The van der Waals surface area contributed by atoms with Crippen LogP contribution in [0.5, 0.6) is 5.75 Å². The molecule has 0 spiro atoms. The van der Waals surface area contributed by atoms with Gasteiger partial charge in [-0.2, -0.15) is 0 Å². The van der Waals surface area contributed by atoms with Crippen molar-refractivity contribution in [3.05, 3.63) is 29.3 Å². The van der Waals surface area contributed by atoms with Crippen molar-refractivity contribution >= 4 is 21.8 Å². The molecular weight excluding hydrogens is 308 g/mol. The average Bonchev–Trinajstić information content (AvgIpc) is 2.27. The maximum Gasteiger partial charge on any atom is 0.255 e. The molecule has 0 saturated carbocycles. The molecule has 1 aromatic rings. The number of amides is 1. The smallest absolute Gasteiger partial charge is 0.255 e. The van der Waals surface area contributed by atoms with Crippen LogP contribution >= 0.6 is 15.9 Å². The first-order valence-electron chi connectivity index (χ1n) is 5.38. The molecule has 0 saturated heterocycles. The van der Waals surface area contributed by atoms with E-state index in [2.05, 4.69) is 15.9 Å². The first kappa shape index (κ1) is 14.9. The number of hydrogen-bond donors (Lipinski definition) is 1. The van der Waals surface area contributed by atoms with Crippen LogP contribution in [0.3, 0.4) is 0 Å². The lowest BCUT2D eigenvalue weighted by Gasteiger charge is -2.22. The Balaban J connectivity index is 2.94. The Bertz CT molecular complexity index is 427. The second-order valence-corrected chi connectivity index (χ2v) is 4.62. The highest BCUT2D eigenvalue weighted by Crippen LogP contribution is 2.18. The number of aromatic hydroxyl groups is 1. The lowest BCUT2D eigenvalue weighted by molar-refractivity contribution is 0.0572. The van der Waals surface area contributed by atoms with E-state index in [-0.39, 0.29) is 12.3 Å². The molecule has 1 aromatic carbocycles. The van der Waals surface area contributed by atoms with Crippen LogP contribution in [0, 0.1) is 6.92 Å². The van der Waals surface area contributed by atoms with E-state index in [0.29, 0.717) is 16.5 Å². The molecule has 6 heteroatoms. The van der Waals surface area contributed by atoms with Crippen LogP contribution in [0.15, 0.2) is 18.2 Å². The fraction of sp³-hybridized carbons (Fsp3) is 0.417. The first-order valence-corrected chi connectivity index (χ1v) is 6.51. The summed E-state index contributed by atoms with van der Waals surface area (Å²) in [5.74, 6) is -0.405. The zero-order chi connectivity index (χ0) is 13.7. The molecule has 1 N–H and O–H groups in total. The molecule has 0 fully saturated rings. The molecule has 1 amide bonds. The number of hydrogen-bond acceptors (Lipinski definition) is 2. The Morgan fingerprint density at radius 3 is 2.67 bits per heavy atom. The fourth-order valence-electron chi connectivity index (χ4n) is 1.60. The summed E-state index contributed by atoms with van der Waals surface area (Å²) in [5, 5.41) is 9.69. The van der Waals surface area contributed by atoms with Crippen LogP contribution in [0.25, 0.3) is 0 Å². The van der Waals surface area contributed by atoms with Gasteiger partial charge in [-0.3, -0.25) is 4.79 Å². The summed E-state index contributed by atoms with van der Waals surface area (Å²) in [7, 11) is 0. The number of phenols is 1. The molecule has 0 unspecified atom stereocenters. The predicted molar refractivity (Wildman–Crippen MR) is 68.5 cm³/mol. The van der Waals surface area contributed by atoms with E-state index in [9.17, 15) is 18.7 Å². The van der Waals surface area contributed by atoms with Crippen molar-refractivity contribution in [1.29, 1.82) is 0 Å². The highest BCUT2D eigenvalue weighted by Gasteiger charge is 2.20. The maximum atomic E-state index is 12.4. The van der Waals surface area contributed by atoms with Gasteiger partial charge in [-0.1, -0.05) is 15.9 Å². The largest absolute Gasteiger partial charge is 0.508 e. The minimum atomic E-state index is -2.56. The van der Waals surface area contributed by atoms with Gasteiger partial charge in [0, 0.05) is 17.4 Å². The summed E-state index contributed by atoms with van der Waals surface area (Å²) in [6, 6.07) is 4.25. The van der Waals surface area contributed by atoms with E-state index in [0.717, 1.165) is 4.90 Å². The second-order valence-electron chi connectivity index (χ2n) is 3.83. The Morgan fingerprint density at radius 2 is 2.17 bits per heavy atom.